The highest BCUT2D eigenvalue weighted by molar-refractivity contribution is 6.02. The highest BCUT2D eigenvalue weighted by Gasteiger charge is 2.35. The number of aryl methyl sites for hydroxylation is 2. The monoisotopic (exact) mass is 501 g/mol. The molecule has 0 saturated heterocycles. The van der Waals surface area contributed by atoms with Gasteiger partial charge in [-0.2, -0.15) is 4.80 Å². The van der Waals surface area contributed by atoms with E-state index in [4.69, 9.17) is 4.42 Å². The van der Waals surface area contributed by atoms with Crippen molar-refractivity contribution in [3.63, 3.8) is 0 Å². The van der Waals surface area contributed by atoms with Crippen molar-refractivity contribution in [2.24, 2.45) is 0 Å². The highest BCUT2D eigenvalue weighted by atomic mass is 16.3. The molecule has 192 valence electrons. The van der Waals surface area contributed by atoms with Crippen molar-refractivity contribution in [2.75, 3.05) is 4.90 Å². The lowest BCUT2D eigenvalue weighted by atomic mass is 9.99. The smallest absolute Gasteiger partial charge is 0.251 e. The fraction of sp³-hybridized carbons (Fsp3) is 0.333. The van der Waals surface area contributed by atoms with Crippen molar-refractivity contribution >= 4 is 17.5 Å². The summed E-state index contributed by atoms with van der Waals surface area (Å²) in [5.41, 5.74) is 2.62. The second-order valence-corrected chi connectivity index (χ2v) is 9.96. The van der Waals surface area contributed by atoms with Crippen LogP contribution in [0, 0.1) is 20.8 Å². The largest absolute Gasteiger partial charge is 0.458 e. The molecule has 0 bridgehead atoms. The van der Waals surface area contributed by atoms with E-state index in [2.05, 4.69) is 25.7 Å². The Morgan fingerprint density at radius 3 is 2.43 bits per heavy atom. The lowest BCUT2D eigenvalue weighted by Crippen LogP contribution is -2.50. The summed E-state index contributed by atoms with van der Waals surface area (Å²) < 4.78 is 5.57. The summed E-state index contributed by atoms with van der Waals surface area (Å²) in [6.45, 7) is 11.2. The summed E-state index contributed by atoms with van der Waals surface area (Å²) in [5.74, 6) is 0.760. The molecule has 0 aliphatic heterocycles. The third-order valence-electron chi connectivity index (χ3n) is 5.82. The molecule has 0 radical (unpaired) electrons. The number of benzene rings is 1. The van der Waals surface area contributed by atoms with Crippen molar-refractivity contribution in [2.45, 2.75) is 59.7 Å². The Kier molecular flexibility index (Phi) is 7.19. The number of amides is 2. The number of nitrogens with zero attached hydrogens (tertiary/aromatic N) is 6. The molecule has 0 aliphatic carbocycles. The number of hydrogen-bond donors (Lipinski definition) is 1. The van der Waals surface area contributed by atoms with Crippen molar-refractivity contribution in [1.29, 1.82) is 0 Å². The van der Waals surface area contributed by atoms with Crippen LogP contribution in [0.2, 0.25) is 0 Å². The fourth-order valence-electron chi connectivity index (χ4n) is 3.98. The van der Waals surface area contributed by atoms with Crippen LogP contribution >= 0.6 is 0 Å². The van der Waals surface area contributed by atoms with Gasteiger partial charge in [0.25, 0.3) is 5.91 Å². The molecule has 10 nitrogen and oxygen atoms in total. The molecule has 4 rings (SSSR count). The van der Waals surface area contributed by atoms with Gasteiger partial charge < -0.3 is 9.73 Å². The summed E-state index contributed by atoms with van der Waals surface area (Å²) >= 11 is 0. The molecule has 37 heavy (non-hydrogen) atoms. The van der Waals surface area contributed by atoms with Gasteiger partial charge in [-0.25, -0.2) is 0 Å². The van der Waals surface area contributed by atoms with E-state index in [0.29, 0.717) is 22.8 Å². The maximum Gasteiger partial charge on any atom is 0.251 e. The van der Waals surface area contributed by atoms with Crippen molar-refractivity contribution in [1.82, 2.24) is 30.5 Å². The number of carbonyl (C=O) groups excluding carboxylic acids is 2. The van der Waals surface area contributed by atoms with E-state index in [1.807, 2.05) is 59.7 Å². The zero-order chi connectivity index (χ0) is 26.7. The predicted octanol–water partition coefficient (Wildman–Crippen LogP) is 3.94. The van der Waals surface area contributed by atoms with E-state index in [-0.39, 0.29) is 24.2 Å². The number of tetrazole rings is 1. The van der Waals surface area contributed by atoms with Crippen molar-refractivity contribution in [3.05, 3.63) is 77.3 Å². The average Bonchev–Trinajstić information content (AvgIpc) is 3.47. The summed E-state index contributed by atoms with van der Waals surface area (Å²) in [5, 5.41) is 15.4. The number of rotatable bonds is 7. The van der Waals surface area contributed by atoms with Gasteiger partial charge in [0.1, 0.15) is 18.3 Å². The number of aromatic nitrogens is 5. The molecule has 4 aromatic rings. The minimum atomic E-state index is -0.953. The second kappa shape index (κ2) is 10.3. The highest BCUT2D eigenvalue weighted by Crippen LogP contribution is 2.32. The van der Waals surface area contributed by atoms with E-state index < -0.39 is 11.6 Å². The fourth-order valence-corrected chi connectivity index (χ4v) is 3.98. The Morgan fingerprint density at radius 1 is 1.05 bits per heavy atom. The van der Waals surface area contributed by atoms with Crippen LogP contribution < -0.4 is 10.2 Å². The Bertz CT molecular complexity index is 1400. The Labute approximate surface area is 215 Å². The quantitative estimate of drug-likeness (QED) is 0.407. The third kappa shape index (κ3) is 5.91. The second-order valence-electron chi connectivity index (χ2n) is 9.96. The van der Waals surface area contributed by atoms with Crippen LogP contribution in [-0.2, 0) is 16.1 Å². The SMILES string of the molecule is Cc1ccc(-c2nnn(CC(=O)N(c3cccc(C)c3C)C(C(=O)NC(C)(C)C)c3ccncc3)n2)o1. The molecule has 2 amide bonds. The molecule has 3 heterocycles. The first-order chi connectivity index (χ1) is 17.5. The molecule has 0 fully saturated rings. The van der Waals surface area contributed by atoms with Gasteiger partial charge in [-0.05, 0) is 93.8 Å². The van der Waals surface area contributed by atoms with Gasteiger partial charge in [-0.3, -0.25) is 19.5 Å². The Morgan fingerprint density at radius 2 is 1.78 bits per heavy atom. The van der Waals surface area contributed by atoms with Crippen LogP contribution in [0.5, 0.6) is 0 Å². The maximum atomic E-state index is 14.0. The first-order valence-corrected chi connectivity index (χ1v) is 12.0. The molecule has 1 atom stereocenters. The maximum absolute atomic E-state index is 14.0. The van der Waals surface area contributed by atoms with E-state index in [0.717, 1.165) is 11.1 Å². The van der Waals surface area contributed by atoms with E-state index in [1.165, 1.54) is 9.70 Å². The van der Waals surface area contributed by atoms with Gasteiger partial charge in [-0.1, -0.05) is 12.1 Å². The number of pyridine rings is 1. The summed E-state index contributed by atoms with van der Waals surface area (Å²) in [4.78, 5) is 34.5. The summed E-state index contributed by atoms with van der Waals surface area (Å²) in [6.07, 6.45) is 3.21. The normalized spacial score (nSPS) is 12.3. The van der Waals surface area contributed by atoms with Crippen molar-refractivity contribution < 1.29 is 14.0 Å². The van der Waals surface area contributed by atoms with Crippen LogP contribution in [0.3, 0.4) is 0 Å². The Balaban J connectivity index is 1.77. The summed E-state index contributed by atoms with van der Waals surface area (Å²) in [7, 11) is 0. The molecule has 0 saturated carbocycles. The molecular weight excluding hydrogens is 470 g/mol. The topological polar surface area (TPSA) is 119 Å². The molecule has 1 aromatic carbocycles. The van der Waals surface area contributed by atoms with Gasteiger partial charge in [0.15, 0.2) is 5.76 Å². The molecule has 0 aliphatic rings. The minimum Gasteiger partial charge on any atom is -0.458 e. The number of hydrogen-bond acceptors (Lipinski definition) is 7. The van der Waals surface area contributed by atoms with Crippen molar-refractivity contribution in [3.8, 4) is 11.6 Å². The van der Waals surface area contributed by atoms with Gasteiger partial charge >= 0.3 is 0 Å². The first-order valence-electron chi connectivity index (χ1n) is 12.0. The number of furan rings is 1. The number of anilines is 1. The van der Waals surface area contributed by atoms with Crippen LogP contribution in [0.25, 0.3) is 11.6 Å². The molecule has 1 N–H and O–H groups in total. The lowest BCUT2D eigenvalue weighted by Gasteiger charge is -2.34. The Hall–Kier alpha value is -4.34. The number of nitrogens with one attached hydrogen (secondary N) is 1. The lowest BCUT2D eigenvalue weighted by molar-refractivity contribution is -0.128. The summed E-state index contributed by atoms with van der Waals surface area (Å²) in [6, 6.07) is 11.7. The van der Waals surface area contributed by atoms with Crippen LogP contribution in [-0.4, -0.2) is 42.5 Å². The molecule has 1 unspecified atom stereocenters. The van der Waals surface area contributed by atoms with E-state index >= 15 is 0 Å². The minimum absolute atomic E-state index is 0.232. The van der Waals surface area contributed by atoms with Gasteiger partial charge in [0.05, 0.1) is 0 Å². The first kappa shape index (κ1) is 25.7. The van der Waals surface area contributed by atoms with Gasteiger partial charge in [-0.15, -0.1) is 10.2 Å². The average molecular weight is 502 g/mol. The van der Waals surface area contributed by atoms with Crippen LogP contribution in [0.4, 0.5) is 5.69 Å². The van der Waals surface area contributed by atoms with E-state index in [1.54, 1.807) is 36.7 Å². The predicted molar refractivity (Wildman–Crippen MR) is 139 cm³/mol. The standard InChI is InChI=1S/C27H31N7O3/c1-17-8-7-9-21(19(17)3)34(24(20-12-14-28-15-13-20)26(36)29-27(4,5)6)23(35)16-33-31-25(30-32-33)22-11-10-18(2)37-22/h7-15,24H,16H2,1-6H3,(H,29,36). The van der Waals surface area contributed by atoms with Crippen LogP contribution in [0.15, 0.2) is 59.3 Å². The molecular formula is C27H31N7O3. The molecule has 0 spiro atoms. The van der Waals surface area contributed by atoms with Crippen LogP contribution in [0.1, 0.15) is 49.3 Å². The number of carbonyl (C=O) groups is 2. The van der Waals surface area contributed by atoms with E-state index in [9.17, 15) is 9.59 Å². The molecule has 3 aromatic heterocycles. The van der Waals surface area contributed by atoms with Gasteiger partial charge in [0.2, 0.25) is 11.7 Å². The van der Waals surface area contributed by atoms with Gasteiger partial charge in [0, 0.05) is 23.6 Å². The zero-order valence-electron chi connectivity index (χ0n) is 21.9. The third-order valence-corrected chi connectivity index (χ3v) is 5.82. The zero-order valence-corrected chi connectivity index (χ0v) is 21.9. The molecule has 10 heteroatoms.